The maximum absolute atomic E-state index is 10.4. The molecule has 0 fully saturated rings. The molecule has 0 rings (SSSR count). The van der Waals surface area contributed by atoms with Crippen LogP contribution in [-0.2, 0) is 21.6 Å². The smallest absolute Gasteiger partial charge is 0.306 e. The Hall–Kier alpha value is -0.0235. The van der Waals surface area contributed by atoms with Crippen LogP contribution in [0.15, 0.2) is 0 Å². The summed E-state index contributed by atoms with van der Waals surface area (Å²) in [4.78, 5) is 10.4. The Morgan fingerprint density at radius 1 is 1.45 bits per heavy atom. The van der Waals surface area contributed by atoms with Crippen LogP contribution in [0, 0.1) is 5.92 Å². The van der Waals surface area contributed by atoms with Gasteiger partial charge in [0.25, 0.3) is 0 Å². The van der Waals surface area contributed by atoms with Crippen LogP contribution < -0.4 is 0 Å². The molecular weight excluding hydrogens is 187 g/mol. The minimum Gasteiger partial charge on any atom is -0.481 e. The van der Waals surface area contributed by atoms with E-state index in [1.165, 1.54) is 0 Å². The van der Waals surface area contributed by atoms with Gasteiger partial charge < -0.3 is 5.11 Å². The zero-order chi connectivity index (χ0) is 7.98. The van der Waals surface area contributed by atoms with Gasteiger partial charge in [-0.1, -0.05) is 26.7 Å². The average Bonchev–Trinajstić information content (AvgIpc) is 1.89. The van der Waals surface area contributed by atoms with Crippen LogP contribution in [0.25, 0.3) is 0 Å². The number of aliphatic carboxylic acids is 1. The van der Waals surface area contributed by atoms with Crippen LogP contribution in [0.5, 0.6) is 0 Å². The summed E-state index contributed by atoms with van der Waals surface area (Å²) in [7, 11) is 0. The van der Waals surface area contributed by atoms with Gasteiger partial charge in [0.15, 0.2) is 0 Å². The van der Waals surface area contributed by atoms with Gasteiger partial charge >= 0.3 is 5.97 Å². The fourth-order valence-electron chi connectivity index (χ4n) is 0.953. The number of hydrogen-bond acceptors (Lipinski definition) is 1. The predicted molar refractivity (Wildman–Crippen MR) is 40.9 cm³/mol. The van der Waals surface area contributed by atoms with E-state index in [1.807, 2.05) is 6.92 Å². The van der Waals surface area contributed by atoms with Crippen molar-refractivity contribution in [1.29, 1.82) is 0 Å². The first-order chi connectivity index (χ1) is 4.72. The van der Waals surface area contributed by atoms with E-state index in [2.05, 4.69) is 6.92 Å². The van der Waals surface area contributed by atoms with Crippen LogP contribution in [0.1, 0.15) is 39.5 Å². The Morgan fingerprint density at radius 2 is 2.00 bits per heavy atom. The molecule has 11 heavy (non-hydrogen) atoms. The maximum atomic E-state index is 10.4. The monoisotopic (exact) mass is 203 g/mol. The van der Waals surface area contributed by atoms with Gasteiger partial charge in [0.05, 0.1) is 5.92 Å². The number of rotatable bonds is 5. The Morgan fingerprint density at radius 3 is 2.27 bits per heavy atom. The van der Waals surface area contributed by atoms with Gasteiger partial charge in [0.1, 0.15) is 0 Å². The average molecular weight is 203 g/mol. The summed E-state index contributed by atoms with van der Waals surface area (Å²) in [5.41, 5.74) is 0. The number of carboxylic acids is 1. The molecule has 0 aromatic carbocycles. The molecule has 69 valence electrons. The van der Waals surface area contributed by atoms with E-state index in [1.54, 1.807) is 0 Å². The van der Waals surface area contributed by atoms with E-state index in [0.29, 0.717) is 0 Å². The number of hydrogen-bond donors (Lipinski definition) is 1. The molecule has 1 atom stereocenters. The largest absolute Gasteiger partial charge is 0.481 e. The van der Waals surface area contributed by atoms with Crippen LogP contribution in [0.3, 0.4) is 0 Å². The third kappa shape index (κ3) is 6.38. The van der Waals surface area contributed by atoms with E-state index in [-0.39, 0.29) is 22.7 Å². The van der Waals surface area contributed by atoms with Crippen LogP contribution >= 0.6 is 0 Å². The summed E-state index contributed by atoms with van der Waals surface area (Å²) in [5.74, 6) is -0.754. The molecule has 1 N–H and O–H groups in total. The second-order valence-electron chi connectivity index (χ2n) is 2.59. The van der Waals surface area contributed by atoms with Crippen molar-refractivity contribution in [1.82, 2.24) is 0 Å². The van der Waals surface area contributed by atoms with Crippen LogP contribution in [0.2, 0.25) is 0 Å². The van der Waals surface area contributed by atoms with Crippen molar-refractivity contribution in [2.45, 2.75) is 39.5 Å². The van der Waals surface area contributed by atoms with Crippen LogP contribution in [0.4, 0.5) is 0 Å². The Labute approximate surface area is 78.6 Å². The molecule has 0 heterocycles. The third-order valence-corrected chi connectivity index (χ3v) is 1.75. The van der Waals surface area contributed by atoms with E-state index in [9.17, 15) is 4.79 Å². The molecular formula is C8H16CoO2. The van der Waals surface area contributed by atoms with Gasteiger partial charge in [0.2, 0.25) is 0 Å². The van der Waals surface area contributed by atoms with Crippen LogP contribution in [-0.4, -0.2) is 11.1 Å². The van der Waals surface area contributed by atoms with Crippen molar-refractivity contribution in [2.24, 2.45) is 5.92 Å². The molecule has 0 amide bonds. The van der Waals surface area contributed by atoms with Crippen molar-refractivity contribution in [3.05, 3.63) is 0 Å². The molecule has 0 aliphatic carbocycles. The molecule has 0 spiro atoms. The van der Waals surface area contributed by atoms with E-state index in [0.717, 1.165) is 25.7 Å². The Bertz CT molecular complexity index is 104. The summed E-state index contributed by atoms with van der Waals surface area (Å²) < 4.78 is 0. The van der Waals surface area contributed by atoms with E-state index >= 15 is 0 Å². The third-order valence-electron chi connectivity index (χ3n) is 1.75. The van der Waals surface area contributed by atoms with Gasteiger partial charge in [-0.25, -0.2) is 0 Å². The quantitative estimate of drug-likeness (QED) is 0.744. The summed E-state index contributed by atoms with van der Waals surface area (Å²) in [6, 6.07) is 0. The minimum absolute atomic E-state index is 0. The first kappa shape index (κ1) is 13.6. The molecule has 0 aromatic heterocycles. The standard InChI is InChI=1S/C8H16O2.Co/c1-3-5-6-7(4-2)8(9)10;/h7H,3-6H2,1-2H3,(H,9,10);. The number of carboxylic acid groups (broad SMARTS) is 1. The van der Waals surface area contributed by atoms with Crippen molar-refractivity contribution in [3.63, 3.8) is 0 Å². The molecule has 2 nitrogen and oxygen atoms in total. The zero-order valence-corrected chi connectivity index (χ0v) is 8.14. The molecule has 0 aliphatic heterocycles. The van der Waals surface area contributed by atoms with Crippen molar-refractivity contribution in [3.8, 4) is 0 Å². The van der Waals surface area contributed by atoms with Crippen molar-refractivity contribution in [2.75, 3.05) is 0 Å². The van der Waals surface area contributed by atoms with Gasteiger partial charge in [0, 0.05) is 16.8 Å². The minimum atomic E-state index is -0.643. The number of carbonyl (C=O) groups is 1. The van der Waals surface area contributed by atoms with Crippen molar-refractivity contribution >= 4 is 5.97 Å². The second-order valence-corrected chi connectivity index (χ2v) is 2.59. The second kappa shape index (κ2) is 8.08. The molecule has 1 radical (unpaired) electrons. The first-order valence-electron chi connectivity index (χ1n) is 3.95. The molecule has 0 saturated carbocycles. The summed E-state index contributed by atoms with van der Waals surface area (Å²) >= 11 is 0. The number of unbranched alkanes of at least 4 members (excludes halogenated alkanes) is 1. The van der Waals surface area contributed by atoms with E-state index in [4.69, 9.17) is 5.11 Å². The fourth-order valence-corrected chi connectivity index (χ4v) is 0.953. The normalized spacial score (nSPS) is 11.8. The molecule has 0 aliphatic rings. The van der Waals surface area contributed by atoms with Gasteiger partial charge in [-0.15, -0.1) is 0 Å². The topological polar surface area (TPSA) is 37.3 Å². The summed E-state index contributed by atoms with van der Waals surface area (Å²) in [5, 5.41) is 8.60. The fraction of sp³-hybridized carbons (Fsp3) is 0.875. The molecule has 0 bridgehead atoms. The molecule has 0 saturated heterocycles. The molecule has 0 aromatic rings. The first-order valence-corrected chi connectivity index (χ1v) is 3.95. The van der Waals surface area contributed by atoms with Gasteiger partial charge in [-0.05, 0) is 12.8 Å². The zero-order valence-electron chi connectivity index (χ0n) is 7.09. The molecule has 3 heteroatoms. The Kier molecular flexibility index (Phi) is 9.96. The van der Waals surface area contributed by atoms with Crippen molar-refractivity contribution < 1.29 is 26.7 Å². The molecule has 1 unspecified atom stereocenters. The van der Waals surface area contributed by atoms with E-state index < -0.39 is 5.97 Å². The van der Waals surface area contributed by atoms with Gasteiger partial charge in [-0.3, -0.25) is 4.79 Å². The summed E-state index contributed by atoms with van der Waals surface area (Å²) in [6.07, 6.45) is 3.71. The summed E-state index contributed by atoms with van der Waals surface area (Å²) in [6.45, 7) is 4.00. The maximum Gasteiger partial charge on any atom is 0.306 e. The SMILES string of the molecule is CCCCC(CC)C(=O)O.[Co]. The van der Waals surface area contributed by atoms with Gasteiger partial charge in [-0.2, -0.15) is 0 Å². The predicted octanol–water partition coefficient (Wildman–Crippen LogP) is 2.28. The Balaban J connectivity index is 0.